The normalized spacial score (nSPS) is 15.5. The van der Waals surface area contributed by atoms with Gasteiger partial charge in [0.05, 0.1) is 13.2 Å². The van der Waals surface area contributed by atoms with Crippen molar-refractivity contribution in [2.45, 2.75) is 18.9 Å². The number of benzene rings is 5. The third-order valence-electron chi connectivity index (χ3n) is 8.22. The van der Waals surface area contributed by atoms with Gasteiger partial charge in [0.25, 0.3) is 11.8 Å². The molecule has 1 heterocycles. The van der Waals surface area contributed by atoms with E-state index in [-0.39, 0.29) is 31.8 Å². The number of hydrogen-bond acceptors (Lipinski definition) is 7. The van der Waals surface area contributed by atoms with E-state index >= 15 is 0 Å². The third kappa shape index (κ3) is 7.26. The van der Waals surface area contributed by atoms with Gasteiger partial charge < -0.3 is 24.6 Å². The lowest BCUT2D eigenvalue weighted by atomic mass is 10.0. The van der Waals surface area contributed by atoms with Crippen LogP contribution in [0.25, 0.3) is 0 Å². The van der Waals surface area contributed by atoms with E-state index in [1.165, 1.54) is 4.90 Å². The van der Waals surface area contributed by atoms with Gasteiger partial charge in [-0.1, -0.05) is 140 Å². The first-order chi connectivity index (χ1) is 24.5. The summed E-state index contributed by atoms with van der Waals surface area (Å²) in [7, 11) is 0. The van der Waals surface area contributed by atoms with Crippen molar-refractivity contribution in [3.63, 3.8) is 0 Å². The first-order valence-corrected chi connectivity index (χ1v) is 18.0. The van der Waals surface area contributed by atoms with Crippen molar-refractivity contribution in [2.75, 3.05) is 19.8 Å². The Morgan fingerprint density at radius 1 is 0.700 bits per heavy atom. The summed E-state index contributed by atoms with van der Waals surface area (Å²) in [5.41, 5.74) is 0.867. The number of aliphatic hydroxyl groups excluding tert-OH is 1. The van der Waals surface area contributed by atoms with Crippen LogP contribution in [0.4, 0.5) is 0 Å². The zero-order chi connectivity index (χ0) is 34.8. The number of likely N-dealkylation sites (tertiary alicyclic amines) is 1. The summed E-state index contributed by atoms with van der Waals surface area (Å²) in [6, 6.07) is 45.8. The highest BCUT2D eigenvalue weighted by molar-refractivity contribution is 7.96. The lowest BCUT2D eigenvalue weighted by Crippen LogP contribution is -2.74. The summed E-state index contributed by atoms with van der Waals surface area (Å²) >= 11 is 0. The van der Waals surface area contributed by atoms with Crippen molar-refractivity contribution in [2.24, 2.45) is 0 Å². The van der Waals surface area contributed by atoms with E-state index in [4.69, 9.17) is 14.2 Å². The molecule has 0 bridgehead atoms. The molecule has 5 aromatic carbocycles. The van der Waals surface area contributed by atoms with Crippen LogP contribution in [0.5, 0.6) is 5.75 Å². The number of hydrogen-bond donors (Lipinski definition) is 2. The maximum Gasteiger partial charge on any atom is 0.356 e. The second-order valence-corrected chi connectivity index (χ2v) is 14.7. The van der Waals surface area contributed by atoms with Crippen molar-refractivity contribution >= 4 is 46.0 Å². The van der Waals surface area contributed by atoms with E-state index in [0.717, 1.165) is 21.5 Å². The Morgan fingerprint density at radius 3 is 1.68 bits per heavy atom. The van der Waals surface area contributed by atoms with E-state index in [1.54, 1.807) is 24.3 Å². The number of amides is 2. The quantitative estimate of drug-likeness (QED) is 0.104. The van der Waals surface area contributed by atoms with Gasteiger partial charge in [-0.3, -0.25) is 14.5 Å². The molecule has 50 heavy (non-hydrogen) atoms. The first kappa shape index (κ1) is 34.4. The number of carbonyl (C=O) groups excluding carboxylic acids is 3. The Labute approximate surface area is 291 Å². The van der Waals surface area contributed by atoms with Crippen LogP contribution in [0.15, 0.2) is 152 Å². The van der Waals surface area contributed by atoms with Crippen LogP contribution < -0.4 is 26.0 Å². The van der Waals surface area contributed by atoms with E-state index in [1.807, 2.05) is 127 Å². The Morgan fingerprint density at radius 2 is 1.18 bits per heavy atom. The molecule has 254 valence electrons. The van der Waals surface area contributed by atoms with Crippen LogP contribution in [0.3, 0.4) is 0 Å². The number of nitrogens with zero attached hydrogens (tertiary/aromatic N) is 1. The van der Waals surface area contributed by atoms with Crippen LogP contribution >= 0.6 is 6.89 Å². The Kier molecular flexibility index (Phi) is 11.2. The van der Waals surface area contributed by atoms with Crippen LogP contribution in [-0.2, 0) is 30.5 Å². The fraction of sp³-hybridized carbons (Fsp3) is 0.150. The van der Waals surface area contributed by atoms with Crippen molar-refractivity contribution in [1.29, 1.82) is 0 Å². The highest BCUT2D eigenvalue weighted by Gasteiger charge is 2.55. The van der Waals surface area contributed by atoms with Gasteiger partial charge in [-0.05, 0) is 33.6 Å². The molecular weight excluding hydrogens is 651 g/mol. The van der Waals surface area contributed by atoms with Gasteiger partial charge in [0.15, 0.2) is 18.9 Å². The fourth-order valence-corrected chi connectivity index (χ4v) is 10.4. The molecule has 1 aliphatic heterocycles. The number of rotatable bonds is 14. The van der Waals surface area contributed by atoms with E-state index < -0.39 is 36.9 Å². The minimum Gasteiger partial charge on any atom is -0.484 e. The zero-order valence-electron chi connectivity index (χ0n) is 27.2. The number of aliphatic hydroxyl groups is 1. The summed E-state index contributed by atoms with van der Waals surface area (Å²) in [5.74, 6) is -1.31. The Hall–Kier alpha value is -5.47. The molecule has 2 N–H and O–H groups in total. The Balaban J connectivity index is 1.52. The van der Waals surface area contributed by atoms with Crippen LogP contribution in [0.2, 0.25) is 0 Å². The predicted octanol–water partition coefficient (Wildman–Crippen LogP) is 3.59. The number of nitrogens with one attached hydrogen (secondary N) is 1. The highest BCUT2D eigenvalue weighted by Crippen LogP contribution is 2.48. The van der Waals surface area contributed by atoms with Gasteiger partial charge >= 0.3 is 5.97 Å². The predicted molar refractivity (Wildman–Crippen MR) is 194 cm³/mol. The minimum atomic E-state index is -3.22. The molecule has 2 atom stereocenters. The van der Waals surface area contributed by atoms with E-state index in [2.05, 4.69) is 5.32 Å². The molecule has 9 nitrogen and oxygen atoms in total. The molecule has 6 rings (SSSR count). The maximum atomic E-state index is 14.8. The maximum absolute atomic E-state index is 14.8. The number of para-hydroxylation sites is 1. The SMILES string of the molecule is O=C(COc1ccccc1)N[C@@H]1C(=O)N(C(C(=O)OCc2ccccc2)=P(c2ccccc2)(c2ccccc2)c2ccccc2)[C@@H]1OCCO. The number of ether oxygens (including phenoxy) is 3. The fourth-order valence-electron chi connectivity index (χ4n) is 6.00. The molecule has 0 saturated carbocycles. The van der Waals surface area contributed by atoms with Crippen LogP contribution in [0, 0.1) is 0 Å². The molecule has 0 unspecified atom stereocenters. The van der Waals surface area contributed by atoms with Gasteiger partial charge in [0.1, 0.15) is 17.8 Å². The molecule has 0 aliphatic carbocycles. The third-order valence-corrected chi connectivity index (χ3v) is 12.5. The molecule has 1 fully saturated rings. The lowest BCUT2D eigenvalue weighted by Gasteiger charge is -2.49. The van der Waals surface area contributed by atoms with Gasteiger partial charge in [0, 0.05) is 6.89 Å². The average molecular weight is 689 g/mol. The summed E-state index contributed by atoms with van der Waals surface area (Å²) in [6.45, 7) is -4.09. The topological polar surface area (TPSA) is 114 Å². The molecule has 0 radical (unpaired) electrons. The van der Waals surface area contributed by atoms with Gasteiger partial charge in [-0.25, -0.2) is 4.79 Å². The molecule has 5 aromatic rings. The van der Waals surface area contributed by atoms with Crippen molar-refractivity contribution in [3.8, 4) is 5.75 Å². The van der Waals surface area contributed by atoms with E-state index in [9.17, 15) is 19.5 Å². The zero-order valence-corrected chi connectivity index (χ0v) is 28.1. The molecule has 1 saturated heterocycles. The Bertz CT molecular complexity index is 1840. The molecule has 0 aromatic heterocycles. The summed E-state index contributed by atoms with van der Waals surface area (Å²) in [5, 5.41) is 14.9. The lowest BCUT2D eigenvalue weighted by molar-refractivity contribution is -0.175. The number of esters is 1. The second-order valence-electron chi connectivity index (χ2n) is 11.4. The number of β-lactam (4-membered cyclic amide) rings is 1. The summed E-state index contributed by atoms with van der Waals surface area (Å²) < 4.78 is 17.8. The minimum absolute atomic E-state index is 0.0390. The number of carbonyl (C=O) groups is 3. The smallest absolute Gasteiger partial charge is 0.356 e. The van der Waals surface area contributed by atoms with Crippen molar-refractivity contribution < 1.29 is 33.7 Å². The van der Waals surface area contributed by atoms with Crippen LogP contribution in [-0.4, -0.2) is 65.3 Å². The van der Waals surface area contributed by atoms with Gasteiger partial charge in [-0.2, -0.15) is 0 Å². The monoisotopic (exact) mass is 688 g/mol. The standard InChI is InChI=1S/C40H37N2O7P/c43-26-27-47-38-36(41-35(44)29-48-31-18-8-2-9-19-31)37(45)42(38)39(40(46)49-28-30-16-6-1-7-17-30)50(32-20-10-3-11-21-32,33-22-12-4-13-23-33)34-24-14-5-15-25-34/h1-25,36,38,43H,26-29H2,(H,41,44)/t36-,38-/m1/s1. The molecule has 0 spiro atoms. The average Bonchev–Trinajstić information content (AvgIpc) is 3.18. The van der Waals surface area contributed by atoms with Gasteiger partial charge in [0.2, 0.25) is 0 Å². The second kappa shape index (κ2) is 16.3. The van der Waals surface area contributed by atoms with E-state index in [0.29, 0.717) is 5.75 Å². The molecule has 1 aliphatic rings. The molecule has 2 amide bonds. The summed E-state index contributed by atoms with van der Waals surface area (Å²) in [4.78, 5) is 43.7. The van der Waals surface area contributed by atoms with Gasteiger partial charge in [-0.15, -0.1) is 0 Å². The van der Waals surface area contributed by atoms with Crippen molar-refractivity contribution in [3.05, 3.63) is 157 Å². The summed E-state index contributed by atoms with van der Waals surface area (Å²) in [6.07, 6.45) is -1.13. The first-order valence-electron chi connectivity index (χ1n) is 16.2. The molecular formula is C40H37N2O7P. The van der Waals surface area contributed by atoms with Crippen LogP contribution in [0.1, 0.15) is 5.56 Å². The largest absolute Gasteiger partial charge is 0.484 e. The molecule has 10 heteroatoms. The highest BCUT2D eigenvalue weighted by atomic mass is 31.2. The van der Waals surface area contributed by atoms with Crippen molar-refractivity contribution in [1.82, 2.24) is 10.2 Å².